The Balaban J connectivity index is 0.00000353. The zero-order valence-corrected chi connectivity index (χ0v) is 23.2. The second-order valence-electron chi connectivity index (χ2n) is 10.5. The topological polar surface area (TPSA) is 103 Å². The van der Waals surface area contributed by atoms with Gasteiger partial charge in [0.25, 0.3) is 5.56 Å². The van der Waals surface area contributed by atoms with Gasteiger partial charge in [0.15, 0.2) is 5.82 Å². The van der Waals surface area contributed by atoms with Crippen LogP contribution in [0.5, 0.6) is 5.75 Å². The molecule has 0 bridgehead atoms. The van der Waals surface area contributed by atoms with Crippen LogP contribution in [0.1, 0.15) is 55.3 Å². The van der Waals surface area contributed by atoms with Crippen molar-refractivity contribution in [1.29, 1.82) is 0 Å². The van der Waals surface area contributed by atoms with E-state index in [1.165, 1.54) is 6.42 Å². The van der Waals surface area contributed by atoms with Crippen LogP contribution in [0, 0.1) is 6.92 Å². The van der Waals surface area contributed by atoms with Crippen LogP contribution in [-0.4, -0.2) is 55.4 Å². The normalized spacial score (nSPS) is 12.9. The fraction of sp³-hybridized carbons (Fsp3) is 0.273. The number of H-pyrrole nitrogens is 1. The van der Waals surface area contributed by atoms with Crippen molar-refractivity contribution in [2.75, 3.05) is 0 Å². The van der Waals surface area contributed by atoms with Crippen molar-refractivity contribution in [3.63, 3.8) is 0 Å². The number of hydrogen-bond donors (Lipinski definition) is 1. The van der Waals surface area contributed by atoms with E-state index in [1.807, 2.05) is 79.7 Å². The number of ether oxygens (including phenoxy) is 1. The van der Waals surface area contributed by atoms with Crippen molar-refractivity contribution in [3.05, 3.63) is 116 Å². The van der Waals surface area contributed by atoms with Crippen LogP contribution in [0.3, 0.4) is 0 Å². The summed E-state index contributed by atoms with van der Waals surface area (Å²) in [5, 5.41) is 3.85. The Kier molecular flexibility index (Phi) is 9.26. The van der Waals surface area contributed by atoms with Gasteiger partial charge in [0.1, 0.15) is 11.6 Å². The summed E-state index contributed by atoms with van der Waals surface area (Å²) in [5.74, 6) is 1.29. The van der Waals surface area contributed by atoms with E-state index < -0.39 is 5.76 Å². The van der Waals surface area contributed by atoms with E-state index in [0.29, 0.717) is 29.7 Å². The van der Waals surface area contributed by atoms with E-state index >= 15 is 0 Å². The molecule has 1 N–H and O–H groups in total. The summed E-state index contributed by atoms with van der Waals surface area (Å²) >= 11 is 0. The molecule has 8 nitrogen and oxygen atoms in total. The molecule has 1 aliphatic rings. The number of hydrogen-bond acceptors (Lipinski definition) is 6. The summed E-state index contributed by atoms with van der Waals surface area (Å²) in [4.78, 5) is 33.0. The van der Waals surface area contributed by atoms with Gasteiger partial charge in [-0.2, -0.15) is 0 Å². The van der Waals surface area contributed by atoms with E-state index in [0.717, 1.165) is 65.1 Å². The van der Waals surface area contributed by atoms with E-state index in [4.69, 9.17) is 14.2 Å². The summed E-state index contributed by atoms with van der Waals surface area (Å²) in [7, 11) is 0. The Bertz CT molecular complexity index is 1790. The molecule has 42 heavy (non-hydrogen) atoms. The summed E-state index contributed by atoms with van der Waals surface area (Å²) in [6, 6.07) is 23.5. The molecular formula is C33H33N4NaO4. The summed E-state index contributed by atoms with van der Waals surface area (Å²) in [6.45, 7) is 3.99. The zero-order chi connectivity index (χ0) is 28.3. The van der Waals surface area contributed by atoms with Crippen LogP contribution in [0.2, 0.25) is 0 Å². The van der Waals surface area contributed by atoms with Crippen LogP contribution >= 0.6 is 0 Å². The van der Waals surface area contributed by atoms with Gasteiger partial charge in [0, 0.05) is 17.5 Å². The van der Waals surface area contributed by atoms with Crippen molar-refractivity contribution < 1.29 is 9.26 Å². The summed E-state index contributed by atoms with van der Waals surface area (Å²) in [5.41, 5.74) is 5.95. The molecule has 0 spiro atoms. The number of aromatic amines is 1. The molecule has 0 radical (unpaired) electrons. The third-order valence-corrected chi connectivity index (χ3v) is 7.63. The fourth-order valence-electron chi connectivity index (χ4n) is 5.29. The van der Waals surface area contributed by atoms with Crippen LogP contribution in [-0.2, 0) is 12.8 Å². The molecule has 0 amide bonds. The first-order valence-electron chi connectivity index (χ1n) is 14.1. The molecule has 1 aliphatic carbocycles. The van der Waals surface area contributed by atoms with Gasteiger partial charge in [-0.05, 0) is 73.6 Å². The number of nitrogens with zero attached hydrogens (tertiary/aromatic N) is 3. The van der Waals surface area contributed by atoms with Crippen molar-refractivity contribution in [3.8, 4) is 34.0 Å². The monoisotopic (exact) mass is 572 g/mol. The second kappa shape index (κ2) is 13.1. The Labute approximate surface area is 266 Å². The minimum absolute atomic E-state index is 0. The minimum atomic E-state index is -0.594. The van der Waals surface area contributed by atoms with Gasteiger partial charge in [-0.15, -0.1) is 0 Å². The standard InChI is InChI=1S/C33H32N4O4.Na.H/c1-3-7-30-29(32(38)37(21(2)34-30)24-16-18-26(19-17-24)40-25-8-6-9-25)20-22-12-14-23(15-13-22)27-10-4-5-11-28(27)31-35-33(39)41-36-31;;/h4-5,10-19,25H,3,6-9,20H2,1-2H3,(H,35,36,39);;. The van der Waals surface area contributed by atoms with Gasteiger partial charge < -0.3 is 4.74 Å². The molecule has 9 heteroatoms. The van der Waals surface area contributed by atoms with E-state index in [1.54, 1.807) is 4.57 Å². The van der Waals surface area contributed by atoms with Gasteiger partial charge in [-0.1, -0.05) is 67.0 Å². The molecule has 0 atom stereocenters. The van der Waals surface area contributed by atoms with Crippen LogP contribution in [0.15, 0.2) is 86.9 Å². The van der Waals surface area contributed by atoms with Gasteiger partial charge in [0.05, 0.1) is 17.5 Å². The number of benzene rings is 3. The van der Waals surface area contributed by atoms with E-state index in [9.17, 15) is 9.59 Å². The van der Waals surface area contributed by atoms with E-state index in [-0.39, 0.29) is 35.1 Å². The first kappa shape index (κ1) is 29.8. The maximum absolute atomic E-state index is 13.9. The van der Waals surface area contributed by atoms with Gasteiger partial charge in [-0.3, -0.25) is 18.9 Å². The van der Waals surface area contributed by atoms with Gasteiger partial charge in [-0.25, -0.2) is 9.78 Å². The van der Waals surface area contributed by atoms with Crippen LogP contribution in [0.25, 0.3) is 28.2 Å². The van der Waals surface area contributed by atoms with Crippen molar-refractivity contribution >= 4 is 29.6 Å². The number of aryl methyl sites for hydroxylation is 2. The molecule has 3 aromatic carbocycles. The number of nitrogens with one attached hydrogen (secondary N) is 1. The third-order valence-electron chi connectivity index (χ3n) is 7.63. The van der Waals surface area contributed by atoms with Crippen LogP contribution < -0.4 is 16.1 Å². The first-order valence-corrected chi connectivity index (χ1v) is 14.1. The van der Waals surface area contributed by atoms with Crippen molar-refractivity contribution in [2.45, 2.75) is 58.5 Å². The fourth-order valence-corrected chi connectivity index (χ4v) is 5.29. The third kappa shape index (κ3) is 6.21. The molecule has 1 fully saturated rings. The molecule has 0 unspecified atom stereocenters. The second-order valence-corrected chi connectivity index (χ2v) is 10.5. The van der Waals surface area contributed by atoms with Crippen molar-refractivity contribution in [2.24, 2.45) is 0 Å². The molecule has 5 aromatic rings. The van der Waals surface area contributed by atoms with E-state index in [2.05, 4.69) is 17.1 Å². The summed E-state index contributed by atoms with van der Waals surface area (Å²) < 4.78 is 12.4. The Morgan fingerprint density at radius 1 is 0.976 bits per heavy atom. The molecular weight excluding hydrogens is 539 g/mol. The molecule has 0 saturated heterocycles. The average molecular weight is 573 g/mol. The average Bonchev–Trinajstić information content (AvgIpc) is 3.40. The SMILES string of the molecule is CCCc1nc(C)n(-c2ccc(OC3CCC3)cc2)c(=O)c1Cc1ccc(-c2ccccc2-c2noc(=O)[nH]2)cc1.[NaH]. The molecule has 6 rings (SSSR count). The quantitative estimate of drug-likeness (QED) is 0.238. The Morgan fingerprint density at radius 3 is 2.31 bits per heavy atom. The number of rotatable bonds is 9. The predicted molar refractivity (Wildman–Crippen MR) is 165 cm³/mol. The Hall–Kier alpha value is -3.72. The number of aromatic nitrogens is 4. The van der Waals surface area contributed by atoms with Gasteiger partial charge in [0.2, 0.25) is 0 Å². The Morgan fingerprint density at radius 2 is 1.69 bits per heavy atom. The molecule has 210 valence electrons. The first-order chi connectivity index (χ1) is 20.0. The molecule has 2 aromatic heterocycles. The zero-order valence-electron chi connectivity index (χ0n) is 23.2. The van der Waals surface area contributed by atoms with Crippen LogP contribution in [0.4, 0.5) is 0 Å². The molecule has 2 heterocycles. The maximum atomic E-state index is 13.9. The van der Waals surface area contributed by atoms with Crippen molar-refractivity contribution in [1.82, 2.24) is 19.7 Å². The van der Waals surface area contributed by atoms with Gasteiger partial charge >= 0.3 is 35.3 Å². The summed E-state index contributed by atoms with van der Waals surface area (Å²) in [6.07, 6.45) is 5.83. The molecule has 1 saturated carbocycles. The predicted octanol–water partition coefficient (Wildman–Crippen LogP) is 5.38. The molecule has 0 aliphatic heterocycles.